The first-order chi connectivity index (χ1) is 9.27. The van der Waals surface area contributed by atoms with Gasteiger partial charge in [-0.25, -0.2) is 13.6 Å². The molecule has 2 aromatic carbocycles. The van der Waals surface area contributed by atoms with E-state index in [1.807, 2.05) is 13.0 Å². The van der Waals surface area contributed by atoms with Gasteiger partial charge in [-0.05, 0) is 42.8 Å². The third-order valence-corrected chi connectivity index (χ3v) is 3.97. The number of aryl methyl sites for hydroxylation is 1. The minimum absolute atomic E-state index is 0.00567. The van der Waals surface area contributed by atoms with Crippen LogP contribution in [0.1, 0.15) is 5.56 Å². The van der Waals surface area contributed by atoms with Gasteiger partial charge in [0, 0.05) is 10.7 Å². The SMILES string of the molecule is Cc1ccc(Cl)cc1Nc1cc(S(N)(=O)=O)ccc1N. The van der Waals surface area contributed by atoms with E-state index in [2.05, 4.69) is 5.32 Å². The third-order valence-electron chi connectivity index (χ3n) is 2.82. The van der Waals surface area contributed by atoms with Crippen molar-refractivity contribution in [1.82, 2.24) is 0 Å². The maximum atomic E-state index is 11.4. The topological polar surface area (TPSA) is 98.2 Å². The molecule has 2 rings (SSSR count). The largest absolute Gasteiger partial charge is 0.397 e. The highest BCUT2D eigenvalue weighted by molar-refractivity contribution is 7.89. The number of halogens is 1. The number of nitrogens with one attached hydrogen (secondary N) is 1. The summed E-state index contributed by atoms with van der Waals surface area (Å²) in [6.45, 7) is 1.90. The summed E-state index contributed by atoms with van der Waals surface area (Å²) < 4.78 is 22.7. The Kier molecular flexibility index (Phi) is 3.89. The van der Waals surface area contributed by atoms with E-state index in [1.54, 1.807) is 12.1 Å². The Balaban J connectivity index is 2.45. The summed E-state index contributed by atoms with van der Waals surface area (Å²) in [5, 5.41) is 8.74. The van der Waals surface area contributed by atoms with Crippen LogP contribution in [0.15, 0.2) is 41.3 Å². The first-order valence-corrected chi connectivity index (χ1v) is 7.65. The van der Waals surface area contributed by atoms with Crippen LogP contribution in [-0.4, -0.2) is 8.42 Å². The number of hydrogen-bond acceptors (Lipinski definition) is 4. The lowest BCUT2D eigenvalue weighted by atomic mass is 10.2. The Labute approximate surface area is 122 Å². The first-order valence-electron chi connectivity index (χ1n) is 5.73. The molecule has 0 heterocycles. The molecule has 0 atom stereocenters. The highest BCUT2D eigenvalue weighted by atomic mass is 35.5. The average Bonchev–Trinajstić information content (AvgIpc) is 2.35. The summed E-state index contributed by atoms with van der Waals surface area (Å²) >= 11 is 5.94. The fourth-order valence-corrected chi connectivity index (χ4v) is 2.41. The summed E-state index contributed by atoms with van der Waals surface area (Å²) in [5.74, 6) is 0. The molecule has 7 heteroatoms. The summed E-state index contributed by atoms with van der Waals surface area (Å²) in [7, 11) is -3.77. The van der Waals surface area contributed by atoms with Crippen molar-refractivity contribution in [1.29, 1.82) is 0 Å². The van der Waals surface area contributed by atoms with Crippen LogP contribution in [0.5, 0.6) is 0 Å². The number of hydrogen-bond donors (Lipinski definition) is 3. The molecule has 5 nitrogen and oxygen atoms in total. The number of nitrogen functional groups attached to an aromatic ring is 1. The maximum absolute atomic E-state index is 11.4. The van der Waals surface area contributed by atoms with E-state index in [9.17, 15) is 8.42 Å². The van der Waals surface area contributed by atoms with Crippen molar-refractivity contribution in [3.05, 3.63) is 47.0 Å². The molecule has 0 aromatic heterocycles. The zero-order valence-corrected chi connectivity index (χ0v) is 12.3. The van der Waals surface area contributed by atoms with E-state index in [1.165, 1.54) is 18.2 Å². The molecule has 0 fully saturated rings. The molecule has 106 valence electrons. The van der Waals surface area contributed by atoms with E-state index in [0.717, 1.165) is 11.3 Å². The summed E-state index contributed by atoms with van der Waals surface area (Å²) in [6, 6.07) is 9.60. The van der Waals surface area contributed by atoms with E-state index < -0.39 is 10.0 Å². The second-order valence-corrected chi connectivity index (χ2v) is 6.38. The van der Waals surface area contributed by atoms with Crippen LogP contribution >= 0.6 is 11.6 Å². The average molecular weight is 312 g/mol. The Bertz CT molecular complexity index is 760. The van der Waals surface area contributed by atoms with Gasteiger partial charge in [0.15, 0.2) is 0 Å². The Morgan fingerprint density at radius 1 is 1.10 bits per heavy atom. The number of nitrogens with two attached hydrogens (primary N) is 2. The second-order valence-electron chi connectivity index (χ2n) is 4.38. The van der Waals surface area contributed by atoms with Gasteiger partial charge in [0.1, 0.15) is 0 Å². The van der Waals surface area contributed by atoms with Gasteiger partial charge in [-0.3, -0.25) is 0 Å². The summed E-state index contributed by atoms with van der Waals surface area (Å²) in [5.41, 5.74) is 8.41. The number of primary sulfonamides is 1. The van der Waals surface area contributed by atoms with Crippen molar-refractivity contribution in [2.45, 2.75) is 11.8 Å². The van der Waals surface area contributed by atoms with Crippen LogP contribution in [0.25, 0.3) is 0 Å². The minimum atomic E-state index is -3.77. The van der Waals surface area contributed by atoms with Gasteiger partial charge in [0.05, 0.1) is 16.3 Å². The van der Waals surface area contributed by atoms with Crippen LogP contribution in [0.2, 0.25) is 5.02 Å². The van der Waals surface area contributed by atoms with Crippen LogP contribution in [0, 0.1) is 6.92 Å². The third kappa shape index (κ3) is 3.22. The van der Waals surface area contributed by atoms with E-state index in [0.29, 0.717) is 16.4 Å². The molecule has 0 bridgehead atoms. The lowest BCUT2D eigenvalue weighted by molar-refractivity contribution is 0.598. The quantitative estimate of drug-likeness (QED) is 0.759. The van der Waals surface area contributed by atoms with E-state index >= 15 is 0 Å². The van der Waals surface area contributed by atoms with E-state index in [-0.39, 0.29) is 4.90 Å². The number of benzene rings is 2. The molecule has 5 N–H and O–H groups in total. The van der Waals surface area contributed by atoms with Gasteiger partial charge in [0.25, 0.3) is 0 Å². The van der Waals surface area contributed by atoms with Crippen LogP contribution in [-0.2, 0) is 10.0 Å². The van der Waals surface area contributed by atoms with Crippen molar-refractivity contribution in [3.8, 4) is 0 Å². The lowest BCUT2D eigenvalue weighted by Gasteiger charge is -2.13. The summed E-state index contributed by atoms with van der Waals surface area (Å²) in [6.07, 6.45) is 0. The predicted molar refractivity (Wildman–Crippen MR) is 81.7 cm³/mol. The van der Waals surface area contributed by atoms with Crippen molar-refractivity contribution >= 4 is 38.7 Å². The van der Waals surface area contributed by atoms with Gasteiger partial charge in [-0.1, -0.05) is 17.7 Å². The molecule has 0 saturated carbocycles. The van der Waals surface area contributed by atoms with Gasteiger partial charge in [-0.2, -0.15) is 0 Å². The normalized spacial score (nSPS) is 11.3. The number of rotatable bonds is 3. The Morgan fingerprint density at radius 2 is 1.80 bits per heavy atom. The second kappa shape index (κ2) is 5.32. The number of anilines is 3. The molecule has 0 saturated heterocycles. The van der Waals surface area contributed by atoms with Gasteiger partial charge < -0.3 is 11.1 Å². The lowest BCUT2D eigenvalue weighted by Crippen LogP contribution is -2.12. The van der Waals surface area contributed by atoms with E-state index in [4.69, 9.17) is 22.5 Å². The fraction of sp³-hybridized carbons (Fsp3) is 0.0769. The predicted octanol–water partition coefficient (Wildman–Crippen LogP) is 2.62. The molecule has 0 unspecified atom stereocenters. The van der Waals surface area contributed by atoms with Crippen LogP contribution in [0.4, 0.5) is 17.1 Å². The highest BCUT2D eigenvalue weighted by Gasteiger charge is 2.11. The molecular weight excluding hydrogens is 298 g/mol. The van der Waals surface area contributed by atoms with Crippen LogP contribution in [0.3, 0.4) is 0 Å². The molecule has 0 radical (unpaired) electrons. The molecule has 0 aliphatic rings. The summed E-state index contributed by atoms with van der Waals surface area (Å²) in [4.78, 5) is -0.00567. The molecule has 2 aromatic rings. The maximum Gasteiger partial charge on any atom is 0.238 e. The highest BCUT2D eigenvalue weighted by Crippen LogP contribution is 2.29. The van der Waals surface area contributed by atoms with Crippen LogP contribution < -0.4 is 16.2 Å². The molecule has 0 spiro atoms. The number of sulfonamides is 1. The van der Waals surface area contributed by atoms with Crippen molar-refractivity contribution in [2.75, 3.05) is 11.1 Å². The molecule has 0 amide bonds. The Morgan fingerprint density at radius 3 is 2.45 bits per heavy atom. The zero-order chi connectivity index (χ0) is 14.9. The van der Waals surface area contributed by atoms with Crippen molar-refractivity contribution < 1.29 is 8.42 Å². The molecule has 0 aliphatic carbocycles. The van der Waals surface area contributed by atoms with Gasteiger partial charge >= 0.3 is 0 Å². The van der Waals surface area contributed by atoms with Crippen molar-refractivity contribution in [2.24, 2.45) is 5.14 Å². The zero-order valence-electron chi connectivity index (χ0n) is 10.7. The minimum Gasteiger partial charge on any atom is -0.397 e. The molecular formula is C13H14ClN3O2S. The van der Waals surface area contributed by atoms with Crippen molar-refractivity contribution in [3.63, 3.8) is 0 Å². The first kappa shape index (κ1) is 14.6. The van der Waals surface area contributed by atoms with Gasteiger partial charge in [-0.15, -0.1) is 0 Å². The standard InChI is InChI=1S/C13H14ClN3O2S/c1-8-2-3-9(14)6-12(8)17-13-7-10(20(16,18)19)4-5-11(13)15/h2-7,17H,15H2,1H3,(H2,16,18,19). The molecule has 20 heavy (non-hydrogen) atoms. The smallest absolute Gasteiger partial charge is 0.238 e. The monoisotopic (exact) mass is 311 g/mol. The fourth-order valence-electron chi connectivity index (χ4n) is 1.69. The molecule has 0 aliphatic heterocycles. The van der Waals surface area contributed by atoms with Gasteiger partial charge in [0.2, 0.25) is 10.0 Å². The Hall–Kier alpha value is -1.76.